The first-order valence-corrected chi connectivity index (χ1v) is 7.25. The summed E-state index contributed by atoms with van der Waals surface area (Å²) in [4.78, 5) is 19.7. The Bertz CT molecular complexity index is 463. The van der Waals surface area contributed by atoms with E-state index in [1.54, 1.807) is 25.1 Å². The van der Waals surface area contributed by atoms with Crippen LogP contribution in [0.4, 0.5) is 0 Å². The number of aliphatic hydroxyl groups is 1. The van der Waals surface area contributed by atoms with Crippen molar-refractivity contribution >= 4 is 5.91 Å². The minimum absolute atomic E-state index is 0.0116. The number of nitrogens with zero attached hydrogens (tertiary/aromatic N) is 4. The number of aromatic nitrogens is 2. The molecule has 118 valence electrons. The SMILES string of the molecule is COCCn1ccnc1CN1CCN(C(C)=O)C[C@@H](O)C1. The lowest BCUT2D eigenvalue weighted by Crippen LogP contribution is -2.36. The molecule has 0 bridgehead atoms. The number of carbonyl (C=O) groups is 1. The van der Waals surface area contributed by atoms with Gasteiger partial charge in [0, 0.05) is 59.2 Å². The molecule has 0 radical (unpaired) electrons. The van der Waals surface area contributed by atoms with E-state index in [2.05, 4.69) is 14.5 Å². The van der Waals surface area contributed by atoms with Gasteiger partial charge in [-0.25, -0.2) is 4.98 Å². The highest BCUT2D eigenvalue weighted by molar-refractivity contribution is 5.73. The highest BCUT2D eigenvalue weighted by Crippen LogP contribution is 2.09. The molecule has 1 aromatic rings. The fraction of sp³-hybridized carbons (Fsp3) is 0.714. The Morgan fingerprint density at radius 2 is 2.29 bits per heavy atom. The fourth-order valence-electron chi connectivity index (χ4n) is 2.57. The molecule has 0 aromatic carbocycles. The molecule has 1 aliphatic rings. The van der Waals surface area contributed by atoms with Crippen LogP contribution in [0.2, 0.25) is 0 Å². The van der Waals surface area contributed by atoms with E-state index in [1.165, 1.54) is 0 Å². The van der Waals surface area contributed by atoms with Gasteiger partial charge in [0.05, 0.1) is 19.3 Å². The molecule has 0 spiro atoms. The van der Waals surface area contributed by atoms with Crippen molar-refractivity contribution in [2.24, 2.45) is 0 Å². The first kappa shape index (κ1) is 15.9. The molecule has 2 rings (SSSR count). The van der Waals surface area contributed by atoms with Crippen LogP contribution in [-0.2, 0) is 22.6 Å². The summed E-state index contributed by atoms with van der Waals surface area (Å²) in [5.74, 6) is 0.966. The van der Waals surface area contributed by atoms with E-state index in [1.807, 2.05) is 6.20 Å². The average Bonchev–Trinajstić information content (AvgIpc) is 2.78. The van der Waals surface area contributed by atoms with Gasteiger partial charge in [0.25, 0.3) is 0 Å². The van der Waals surface area contributed by atoms with Crippen molar-refractivity contribution in [2.75, 3.05) is 39.9 Å². The number of rotatable bonds is 5. The number of amides is 1. The van der Waals surface area contributed by atoms with Crippen LogP contribution in [0.25, 0.3) is 0 Å². The van der Waals surface area contributed by atoms with Crippen molar-refractivity contribution in [3.63, 3.8) is 0 Å². The zero-order valence-electron chi connectivity index (χ0n) is 12.7. The maximum absolute atomic E-state index is 11.5. The second kappa shape index (κ2) is 7.53. The summed E-state index contributed by atoms with van der Waals surface area (Å²) < 4.78 is 7.15. The number of hydrogen-bond donors (Lipinski definition) is 1. The maximum atomic E-state index is 11.5. The molecule has 1 atom stereocenters. The summed E-state index contributed by atoms with van der Waals surface area (Å²) in [6.07, 6.45) is 3.20. The number of β-amino-alcohol motifs (C(OH)–C–C–N with tert-alkyl or cyclic N) is 1. The Balaban J connectivity index is 1.96. The zero-order chi connectivity index (χ0) is 15.2. The van der Waals surface area contributed by atoms with Crippen molar-refractivity contribution in [1.29, 1.82) is 0 Å². The molecule has 1 aromatic heterocycles. The number of hydrogen-bond acceptors (Lipinski definition) is 5. The second-order valence-corrected chi connectivity index (χ2v) is 5.38. The average molecular weight is 296 g/mol. The van der Waals surface area contributed by atoms with Gasteiger partial charge in [-0.1, -0.05) is 0 Å². The third kappa shape index (κ3) is 4.52. The van der Waals surface area contributed by atoms with Crippen LogP contribution in [0.5, 0.6) is 0 Å². The normalized spacial score (nSPS) is 20.5. The lowest BCUT2D eigenvalue weighted by Gasteiger charge is -2.21. The van der Waals surface area contributed by atoms with Crippen LogP contribution in [0.1, 0.15) is 12.7 Å². The number of imidazole rings is 1. The van der Waals surface area contributed by atoms with Crippen molar-refractivity contribution in [3.05, 3.63) is 18.2 Å². The summed E-state index contributed by atoms with van der Waals surface area (Å²) >= 11 is 0. The zero-order valence-corrected chi connectivity index (χ0v) is 12.7. The quantitative estimate of drug-likeness (QED) is 0.797. The highest BCUT2D eigenvalue weighted by Gasteiger charge is 2.23. The summed E-state index contributed by atoms with van der Waals surface area (Å²) in [6.45, 7) is 5.97. The summed E-state index contributed by atoms with van der Waals surface area (Å²) in [6, 6.07) is 0. The van der Waals surface area contributed by atoms with Gasteiger partial charge in [0.1, 0.15) is 5.82 Å². The van der Waals surface area contributed by atoms with Crippen molar-refractivity contribution in [2.45, 2.75) is 26.1 Å². The number of carbonyl (C=O) groups excluding carboxylic acids is 1. The van der Waals surface area contributed by atoms with E-state index in [0.29, 0.717) is 32.8 Å². The molecule has 1 amide bonds. The molecule has 0 aliphatic carbocycles. The smallest absolute Gasteiger partial charge is 0.219 e. The van der Waals surface area contributed by atoms with E-state index in [0.717, 1.165) is 18.9 Å². The summed E-state index contributed by atoms with van der Waals surface area (Å²) in [7, 11) is 1.68. The molecule has 2 heterocycles. The lowest BCUT2D eigenvalue weighted by atomic mass is 10.3. The minimum atomic E-state index is -0.515. The Morgan fingerprint density at radius 3 is 3.00 bits per heavy atom. The third-order valence-corrected chi connectivity index (χ3v) is 3.73. The van der Waals surface area contributed by atoms with Gasteiger partial charge in [0.2, 0.25) is 5.91 Å². The minimum Gasteiger partial charge on any atom is -0.390 e. The summed E-state index contributed by atoms with van der Waals surface area (Å²) in [5.41, 5.74) is 0. The Labute approximate surface area is 125 Å². The first-order valence-electron chi connectivity index (χ1n) is 7.25. The number of aliphatic hydroxyl groups excluding tert-OH is 1. The van der Waals surface area contributed by atoms with Crippen molar-refractivity contribution in [3.8, 4) is 0 Å². The van der Waals surface area contributed by atoms with Crippen LogP contribution in [0.3, 0.4) is 0 Å². The van der Waals surface area contributed by atoms with E-state index in [4.69, 9.17) is 4.74 Å². The molecule has 21 heavy (non-hydrogen) atoms. The molecule has 1 fully saturated rings. The maximum Gasteiger partial charge on any atom is 0.219 e. The number of ether oxygens (including phenoxy) is 1. The monoisotopic (exact) mass is 296 g/mol. The van der Waals surface area contributed by atoms with Gasteiger partial charge < -0.3 is 19.3 Å². The van der Waals surface area contributed by atoms with Crippen LogP contribution in [0, 0.1) is 0 Å². The number of methoxy groups -OCH3 is 1. The van der Waals surface area contributed by atoms with Gasteiger partial charge in [-0.15, -0.1) is 0 Å². The summed E-state index contributed by atoms with van der Waals surface area (Å²) in [5, 5.41) is 10.0. The van der Waals surface area contributed by atoms with Gasteiger partial charge in [0.15, 0.2) is 0 Å². The van der Waals surface area contributed by atoms with E-state index < -0.39 is 6.10 Å². The molecule has 1 N–H and O–H groups in total. The van der Waals surface area contributed by atoms with Crippen molar-refractivity contribution < 1.29 is 14.6 Å². The molecular weight excluding hydrogens is 272 g/mol. The molecule has 0 unspecified atom stereocenters. The predicted molar refractivity (Wildman–Crippen MR) is 77.6 cm³/mol. The van der Waals surface area contributed by atoms with Gasteiger partial charge in [-0.05, 0) is 0 Å². The Kier molecular flexibility index (Phi) is 5.72. The lowest BCUT2D eigenvalue weighted by molar-refractivity contribution is -0.129. The van der Waals surface area contributed by atoms with Gasteiger partial charge >= 0.3 is 0 Å². The topological polar surface area (TPSA) is 70.8 Å². The molecule has 1 aliphatic heterocycles. The Morgan fingerprint density at radius 1 is 1.48 bits per heavy atom. The van der Waals surface area contributed by atoms with Crippen LogP contribution >= 0.6 is 0 Å². The Hall–Kier alpha value is -1.44. The highest BCUT2D eigenvalue weighted by atomic mass is 16.5. The van der Waals surface area contributed by atoms with E-state index in [9.17, 15) is 9.90 Å². The molecule has 0 saturated carbocycles. The first-order chi connectivity index (χ1) is 10.1. The van der Waals surface area contributed by atoms with Gasteiger partial charge in [-0.2, -0.15) is 0 Å². The van der Waals surface area contributed by atoms with Gasteiger partial charge in [-0.3, -0.25) is 9.69 Å². The van der Waals surface area contributed by atoms with Crippen LogP contribution < -0.4 is 0 Å². The molecular formula is C14H24N4O3. The van der Waals surface area contributed by atoms with E-state index >= 15 is 0 Å². The third-order valence-electron chi connectivity index (χ3n) is 3.73. The molecule has 7 nitrogen and oxygen atoms in total. The fourth-order valence-corrected chi connectivity index (χ4v) is 2.57. The van der Waals surface area contributed by atoms with Crippen molar-refractivity contribution in [1.82, 2.24) is 19.4 Å². The van der Waals surface area contributed by atoms with E-state index in [-0.39, 0.29) is 5.91 Å². The predicted octanol–water partition coefficient (Wildman–Crippen LogP) is -0.445. The molecule has 1 saturated heterocycles. The van der Waals surface area contributed by atoms with Crippen LogP contribution in [-0.4, -0.2) is 76.4 Å². The van der Waals surface area contributed by atoms with Crippen LogP contribution in [0.15, 0.2) is 12.4 Å². The standard InChI is InChI=1S/C14H24N4O3/c1-12(19)18-6-5-16(9-13(20)10-18)11-14-15-3-4-17(14)7-8-21-2/h3-4,13,20H,5-11H2,1-2H3/t13-/m0/s1. The molecule has 7 heteroatoms. The second-order valence-electron chi connectivity index (χ2n) is 5.38. The largest absolute Gasteiger partial charge is 0.390 e.